The van der Waals surface area contributed by atoms with E-state index in [-0.39, 0.29) is 12.3 Å². The molecule has 0 saturated heterocycles. The Hall–Kier alpha value is -0.490. The molecule has 0 aromatic heterocycles. The lowest BCUT2D eigenvalue weighted by Gasteiger charge is -2.12. The summed E-state index contributed by atoms with van der Waals surface area (Å²) in [6.07, 6.45) is 1.45. The van der Waals surface area contributed by atoms with Crippen molar-refractivity contribution in [1.29, 1.82) is 0 Å². The second-order valence-electron chi connectivity index (χ2n) is 4.07. The van der Waals surface area contributed by atoms with Crippen LogP contribution in [0.1, 0.15) is 25.3 Å². The molecule has 19 heavy (non-hydrogen) atoms. The maximum atomic E-state index is 11.7. The molecule has 0 aliphatic rings. The number of ether oxygens (including phenoxy) is 1. The first-order chi connectivity index (χ1) is 8.89. The van der Waals surface area contributed by atoms with Crippen LogP contribution < -0.4 is 9.46 Å². The van der Waals surface area contributed by atoms with Gasteiger partial charge in [-0.1, -0.05) is 36.5 Å². The van der Waals surface area contributed by atoms with Gasteiger partial charge in [0.2, 0.25) is 10.0 Å². The number of methoxy groups -OCH3 is 1. The maximum Gasteiger partial charge on any atom is 0.211 e. The number of hydrogen-bond acceptors (Lipinski definition) is 3. The molecule has 0 aliphatic heterocycles. The molecule has 1 aromatic rings. The van der Waals surface area contributed by atoms with E-state index in [1.807, 2.05) is 6.92 Å². The number of hydrogen-bond donors (Lipinski definition) is 1. The molecule has 1 rings (SSSR count). The standard InChI is InChI=1S/C12H17Cl2NO3S/c1-3-4-5-19(16,17)15-8-9-6-10(13)7-11(14)12(9)18-2/h6-7,15H,3-5,8H2,1-2H3. The second-order valence-corrected chi connectivity index (χ2v) is 6.84. The lowest BCUT2D eigenvalue weighted by Crippen LogP contribution is -2.26. The van der Waals surface area contributed by atoms with Crippen LogP contribution in [0.5, 0.6) is 5.75 Å². The van der Waals surface area contributed by atoms with Crippen LogP contribution in [0.25, 0.3) is 0 Å². The molecule has 7 heteroatoms. The van der Waals surface area contributed by atoms with E-state index in [0.29, 0.717) is 27.8 Å². The third-order valence-electron chi connectivity index (χ3n) is 2.54. The normalized spacial score (nSPS) is 11.6. The Bertz CT molecular complexity index is 532. The zero-order valence-corrected chi connectivity index (χ0v) is 13.2. The van der Waals surface area contributed by atoms with Gasteiger partial charge >= 0.3 is 0 Å². The van der Waals surface area contributed by atoms with Crippen LogP contribution in [0.2, 0.25) is 10.0 Å². The molecule has 0 saturated carbocycles. The highest BCUT2D eigenvalue weighted by Gasteiger charge is 2.14. The van der Waals surface area contributed by atoms with E-state index < -0.39 is 10.0 Å². The molecule has 1 aromatic carbocycles. The average molecular weight is 326 g/mol. The number of nitrogens with one attached hydrogen (secondary N) is 1. The van der Waals surface area contributed by atoms with Gasteiger partial charge in [0.25, 0.3) is 0 Å². The van der Waals surface area contributed by atoms with Crippen molar-refractivity contribution < 1.29 is 13.2 Å². The van der Waals surface area contributed by atoms with Crippen molar-refractivity contribution in [2.24, 2.45) is 0 Å². The summed E-state index contributed by atoms with van der Waals surface area (Å²) in [5, 5.41) is 0.798. The van der Waals surface area contributed by atoms with Crippen molar-refractivity contribution in [3.63, 3.8) is 0 Å². The topological polar surface area (TPSA) is 55.4 Å². The Morgan fingerprint density at radius 3 is 2.58 bits per heavy atom. The van der Waals surface area contributed by atoms with Crippen molar-refractivity contribution >= 4 is 33.2 Å². The smallest absolute Gasteiger partial charge is 0.211 e. The summed E-state index contributed by atoms with van der Waals surface area (Å²) in [6.45, 7) is 2.05. The molecule has 0 atom stereocenters. The van der Waals surface area contributed by atoms with E-state index in [9.17, 15) is 8.42 Å². The summed E-state index contributed by atoms with van der Waals surface area (Å²) in [5.41, 5.74) is 0.611. The van der Waals surface area contributed by atoms with Crippen LogP contribution in [-0.2, 0) is 16.6 Å². The van der Waals surface area contributed by atoms with Gasteiger partial charge in [-0.3, -0.25) is 0 Å². The second kappa shape index (κ2) is 7.33. The highest BCUT2D eigenvalue weighted by Crippen LogP contribution is 2.32. The first-order valence-corrected chi connectivity index (χ1v) is 8.29. The monoisotopic (exact) mass is 325 g/mol. The van der Waals surface area contributed by atoms with E-state index in [2.05, 4.69) is 4.72 Å². The third-order valence-corrected chi connectivity index (χ3v) is 4.45. The zero-order chi connectivity index (χ0) is 14.5. The summed E-state index contributed by atoms with van der Waals surface area (Å²) in [5.74, 6) is 0.546. The Morgan fingerprint density at radius 2 is 2.00 bits per heavy atom. The number of sulfonamides is 1. The fourth-order valence-corrected chi connectivity index (χ4v) is 3.37. The lowest BCUT2D eigenvalue weighted by molar-refractivity contribution is 0.409. The van der Waals surface area contributed by atoms with E-state index in [4.69, 9.17) is 27.9 Å². The molecule has 0 spiro atoms. The van der Waals surface area contributed by atoms with Crippen molar-refractivity contribution in [2.75, 3.05) is 12.9 Å². The average Bonchev–Trinajstić information content (AvgIpc) is 2.33. The minimum Gasteiger partial charge on any atom is -0.495 e. The van der Waals surface area contributed by atoms with Crippen LogP contribution in [-0.4, -0.2) is 21.3 Å². The SMILES string of the molecule is CCCCS(=O)(=O)NCc1cc(Cl)cc(Cl)c1OC. The van der Waals surface area contributed by atoms with Gasteiger partial charge in [0.1, 0.15) is 5.75 Å². The molecule has 0 heterocycles. The van der Waals surface area contributed by atoms with E-state index >= 15 is 0 Å². The van der Waals surface area contributed by atoms with Crippen molar-refractivity contribution in [1.82, 2.24) is 4.72 Å². The largest absolute Gasteiger partial charge is 0.495 e. The van der Waals surface area contributed by atoms with Gasteiger partial charge in [-0.15, -0.1) is 0 Å². The predicted molar refractivity (Wildman–Crippen MR) is 78.5 cm³/mol. The number of rotatable bonds is 7. The molecule has 0 fully saturated rings. The summed E-state index contributed by atoms with van der Waals surface area (Å²) in [6, 6.07) is 3.19. The molecule has 0 amide bonds. The van der Waals surface area contributed by atoms with E-state index in [1.54, 1.807) is 12.1 Å². The molecular weight excluding hydrogens is 309 g/mol. The van der Waals surface area contributed by atoms with Gasteiger partial charge in [0.05, 0.1) is 17.9 Å². The maximum absolute atomic E-state index is 11.7. The quantitative estimate of drug-likeness (QED) is 0.837. The van der Waals surface area contributed by atoms with Gasteiger partial charge < -0.3 is 4.74 Å². The Labute approximate surface area is 124 Å². The molecule has 108 valence electrons. The van der Waals surface area contributed by atoms with Gasteiger partial charge in [0, 0.05) is 17.1 Å². The summed E-state index contributed by atoms with van der Waals surface area (Å²) >= 11 is 11.9. The number of unbranched alkanes of at least 4 members (excludes halogenated alkanes) is 1. The fraction of sp³-hybridized carbons (Fsp3) is 0.500. The predicted octanol–water partition coefficient (Wildman–Crippen LogP) is 3.22. The van der Waals surface area contributed by atoms with Crippen LogP contribution in [0.4, 0.5) is 0 Å². The van der Waals surface area contributed by atoms with Gasteiger partial charge in [-0.25, -0.2) is 13.1 Å². The molecular formula is C12H17Cl2NO3S. The molecule has 4 nitrogen and oxygen atoms in total. The van der Waals surface area contributed by atoms with E-state index in [0.717, 1.165) is 6.42 Å². The molecule has 0 unspecified atom stereocenters. The number of halogens is 2. The molecule has 0 radical (unpaired) electrons. The highest BCUT2D eigenvalue weighted by molar-refractivity contribution is 7.89. The zero-order valence-electron chi connectivity index (χ0n) is 10.9. The van der Waals surface area contributed by atoms with Crippen molar-refractivity contribution in [3.8, 4) is 5.75 Å². The molecule has 0 bridgehead atoms. The summed E-state index contributed by atoms with van der Waals surface area (Å²) < 4.78 is 31.1. The minimum atomic E-state index is -3.28. The summed E-state index contributed by atoms with van der Waals surface area (Å²) in [7, 11) is -1.81. The van der Waals surface area contributed by atoms with Gasteiger partial charge in [-0.2, -0.15) is 0 Å². The Kier molecular flexibility index (Phi) is 6.39. The Morgan fingerprint density at radius 1 is 1.32 bits per heavy atom. The lowest BCUT2D eigenvalue weighted by atomic mass is 10.2. The third kappa shape index (κ3) is 5.18. The fourth-order valence-electron chi connectivity index (χ4n) is 1.57. The van der Waals surface area contributed by atoms with E-state index in [1.165, 1.54) is 7.11 Å². The number of benzene rings is 1. The first-order valence-electron chi connectivity index (χ1n) is 5.89. The van der Waals surface area contributed by atoms with Crippen molar-refractivity contribution in [3.05, 3.63) is 27.7 Å². The Balaban J connectivity index is 2.83. The van der Waals surface area contributed by atoms with Crippen molar-refractivity contribution in [2.45, 2.75) is 26.3 Å². The highest BCUT2D eigenvalue weighted by atomic mass is 35.5. The van der Waals surface area contributed by atoms with Gasteiger partial charge in [-0.05, 0) is 18.6 Å². The molecule has 0 aliphatic carbocycles. The van der Waals surface area contributed by atoms with Gasteiger partial charge in [0.15, 0.2) is 0 Å². The van der Waals surface area contributed by atoms with Crippen LogP contribution in [0, 0.1) is 0 Å². The summed E-state index contributed by atoms with van der Waals surface area (Å²) in [4.78, 5) is 0. The minimum absolute atomic E-state index is 0.107. The van der Waals surface area contributed by atoms with Crippen LogP contribution >= 0.6 is 23.2 Å². The van der Waals surface area contributed by atoms with Crippen LogP contribution in [0.15, 0.2) is 12.1 Å². The van der Waals surface area contributed by atoms with Crippen LogP contribution in [0.3, 0.4) is 0 Å². The molecule has 1 N–H and O–H groups in total. The first kappa shape index (κ1) is 16.6.